The number of nitrogens with zero attached hydrogens (tertiary/aromatic N) is 5. The van der Waals surface area contributed by atoms with Gasteiger partial charge >= 0.3 is 11.9 Å². The van der Waals surface area contributed by atoms with E-state index in [1.165, 1.54) is 10.6 Å². The van der Waals surface area contributed by atoms with E-state index in [0.717, 1.165) is 17.8 Å². The number of carbonyl (C=O) groups is 1. The summed E-state index contributed by atoms with van der Waals surface area (Å²) in [4.78, 5) is 33.9. The number of anilines is 2. The van der Waals surface area contributed by atoms with E-state index in [-0.39, 0.29) is 67.0 Å². The fraction of sp³-hybridized carbons (Fsp3) is 0.355. The van der Waals surface area contributed by atoms with Crippen LogP contribution in [0.4, 0.5) is 32.8 Å². The minimum absolute atomic E-state index is 0.0125. The van der Waals surface area contributed by atoms with Gasteiger partial charge in [-0.2, -0.15) is 23.4 Å². The number of benzene rings is 2. The molecule has 0 spiro atoms. The predicted molar refractivity (Wildman–Crippen MR) is 169 cm³/mol. The van der Waals surface area contributed by atoms with Gasteiger partial charge in [0, 0.05) is 69.8 Å². The fourth-order valence-electron chi connectivity index (χ4n) is 6.72. The highest BCUT2D eigenvalue weighted by Gasteiger charge is 2.42. The molecule has 1 fully saturated rings. The van der Waals surface area contributed by atoms with Crippen molar-refractivity contribution in [3.8, 4) is 17.2 Å². The van der Waals surface area contributed by atoms with Gasteiger partial charge in [-0.3, -0.25) is 9.36 Å². The Morgan fingerprint density at radius 3 is 2.46 bits per heavy atom. The average molecular weight is 675 g/mol. The van der Waals surface area contributed by atoms with Crippen molar-refractivity contribution in [3.63, 3.8) is 0 Å². The number of thioether (sulfide) groups is 1. The van der Waals surface area contributed by atoms with E-state index >= 15 is 17.6 Å². The van der Waals surface area contributed by atoms with Crippen LogP contribution in [-0.2, 0) is 11.0 Å². The van der Waals surface area contributed by atoms with Gasteiger partial charge in [0.25, 0.3) is 0 Å². The van der Waals surface area contributed by atoms with Crippen LogP contribution in [-0.4, -0.2) is 51.3 Å². The van der Waals surface area contributed by atoms with E-state index in [9.17, 15) is 19.2 Å². The molecule has 2 N–H and O–H groups in total. The van der Waals surface area contributed by atoms with Crippen molar-refractivity contribution in [1.29, 1.82) is 5.26 Å². The number of rotatable bonds is 4. The zero-order chi connectivity index (χ0) is 33.4. The maximum atomic E-state index is 15.9. The first-order valence-corrected chi connectivity index (χ1v) is 16.2. The fourth-order valence-corrected chi connectivity index (χ4v) is 9.10. The summed E-state index contributed by atoms with van der Waals surface area (Å²) in [5, 5.41) is 9.37. The van der Waals surface area contributed by atoms with E-state index in [0.29, 0.717) is 23.8 Å². The number of piperazine rings is 1. The maximum Gasteiger partial charge on any atom is 0.417 e. The molecule has 2 aromatic heterocycles. The number of thiophene rings is 1. The summed E-state index contributed by atoms with van der Waals surface area (Å²) in [5.74, 6) is -2.45. The first-order chi connectivity index (χ1) is 21.7. The van der Waals surface area contributed by atoms with E-state index in [4.69, 9.17) is 5.73 Å². The summed E-state index contributed by atoms with van der Waals surface area (Å²) in [7, 11) is 0. The number of alkyl halides is 3. The Morgan fingerprint density at radius 2 is 1.87 bits per heavy atom. The molecule has 1 amide bonds. The van der Waals surface area contributed by atoms with Crippen LogP contribution in [0.2, 0.25) is 0 Å². The number of nitriles is 1. The summed E-state index contributed by atoms with van der Waals surface area (Å²) >= 11 is 1.68. The average Bonchev–Trinajstić information content (AvgIpc) is 3.33. The first-order valence-electron chi connectivity index (χ1n) is 14.4. The second-order valence-electron chi connectivity index (χ2n) is 11.4. The van der Waals surface area contributed by atoms with Gasteiger partial charge < -0.3 is 15.5 Å². The third-order valence-corrected chi connectivity index (χ3v) is 10.9. The molecule has 46 heavy (non-hydrogen) atoms. The molecule has 1 saturated heterocycles. The lowest BCUT2D eigenvalue weighted by atomic mass is 9.92. The summed E-state index contributed by atoms with van der Waals surface area (Å²) in [6.07, 6.45) is -3.39. The number of nitrogens with two attached hydrogens (primary N) is 1. The van der Waals surface area contributed by atoms with Gasteiger partial charge in [0.1, 0.15) is 28.5 Å². The van der Waals surface area contributed by atoms with Crippen LogP contribution in [0.1, 0.15) is 44.4 Å². The lowest BCUT2D eigenvalue weighted by Gasteiger charge is -2.45. The molecule has 15 heteroatoms. The van der Waals surface area contributed by atoms with Gasteiger partial charge in [0.05, 0.1) is 21.3 Å². The number of aromatic nitrogens is 2. The van der Waals surface area contributed by atoms with E-state index < -0.39 is 58.3 Å². The van der Waals surface area contributed by atoms with Crippen LogP contribution < -0.4 is 16.3 Å². The molecule has 0 saturated carbocycles. The van der Waals surface area contributed by atoms with Crippen LogP contribution in [0.25, 0.3) is 32.1 Å². The van der Waals surface area contributed by atoms with Crippen LogP contribution in [0.5, 0.6) is 0 Å². The molecule has 0 bridgehead atoms. The number of hydrogen-bond donors (Lipinski definition) is 1. The lowest BCUT2D eigenvalue weighted by Crippen LogP contribution is -2.58. The third-order valence-electron chi connectivity index (χ3n) is 8.61. The van der Waals surface area contributed by atoms with Crippen LogP contribution in [0, 0.1) is 23.0 Å². The Hall–Kier alpha value is -4.16. The zero-order valence-corrected chi connectivity index (χ0v) is 26.5. The molecule has 3 atom stereocenters. The lowest BCUT2D eigenvalue weighted by molar-refractivity contribution is -0.137. The highest BCUT2D eigenvalue weighted by Crippen LogP contribution is 2.53. The van der Waals surface area contributed by atoms with Crippen LogP contribution in [0.15, 0.2) is 34.5 Å². The van der Waals surface area contributed by atoms with Gasteiger partial charge in [-0.05, 0) is 32.4 Å². The molecule has 2 aliphatic heterocycles. The Morgan fingerprint density at radius 1 is 1.20 bits per heavy atom. The second kappa shape index (κ2) is 11.3. The van der Waals surface area contributed by atoms with E-state index in [1.54, 1.807) is 29.7 Å². The molecule has 4 aromatic rings. The van der Waals surface area contributed by atoms with Crippen molar-refractivity contribution in [2.24, 2.45) is 0 Å². The van der Waals surface area contributed by atoms with Crippen LogP contribution in [0.3, 0.4) is 0 Å². The molecular weight excluding hydrogens is 648 g/mol. The number of nitrogen functional groups attached to an aromatic ring is 1. The molecule has 0 radical (unpaired) electrons. The first kappa shape index (κ1) is 31.8. The van der Waals surface area contributed by atoms with Gasteiger partial charge in [-0.25, -0.2) is 13.6 Å². The monoisotopic (exact) mass is 674 g/mol. The largest absolute Gasteiger partial charge is 0.417 e. The Labute approximate surface area is 267 Å². The number of amides is 1. The van der Waals surface area contributed by atoms with Crippen molar-refractivity contribution in [3.05, 3.63) is 58.0 Å². The Kier molecular flexibility index (Phi) is 7.79. The van der Waals surface area contributed by atoms with Crippen molar-refractivity contribution >= 4 is 60.8 Å². The molecule has 6 rings (SSSR count). The molecule has 8 nitrogen and oxygen atoms in total. The second-order valence-corrected chi connectivity index (χ2v) is 13.5. The molecule has 240 valence electrons. The van der Waals surface area contributed by atoms with Crippen molar-refractivity contribution in [2.45, 2.75) is 56.4 Å². The summed E-state index contributed by atoms with van der Waals surface area (Å²) in [6.45, 7) is 9.30. The number of halogens is 5. The third kappa shape index (κ3) is 4.72. The molecular formula is C31H27F5N6O2S2. The van der Waals surface area contributed by atoms with Crippen molar-refractivity contribution in [2.75, 3.05) is 29.5 Å². The normalized spacial score (nSPS) is 19.9. The van der Waals surface area contributed by atoms with Gasteiger partial charge in [0.15, 0.2) is 0 Å². The minimum atomic E-state index is -5.04. The maximum absolute atomic E-state index is 15.9. The summed E-state index contributed by atoms with van der Waals surface area (Å²) in [5.41, 5.74) is 2.66. The minimum Gasteiger partial charge on any atom is -0.389 e. The summed E-state index contributed by atoms with van der Waals surface area (Å²) < 4.78 is 77.4. The van der Waals surface area contributed by atoms with Gasteiger partial charge in [-0.1, -0.05) is 13.5 Å². The smallest absolute Gasteiger partial charge is 0.389 e. The standard InChI is InChI=1S/C31H27F5N6O2S2/c1-5-15-12-45-27-23(24-19(32)8-20(33)26-22(24)17(9-37)28(38)46-26)18(31(34,35)36)7-16-25(27)42(15)30(44)39-29(16)40-10-13(3)41(14(4)11-40)21(43)6-2/h6-8,13-15H,2,5,10-12,38H2,1,3-4H3/t13-,14+,15?. The van der Waals surface area contributed by atoms with Crippen molar-refractivity contribution in [1.82, 2.24) is 14.5 Å². The van der Waals surface area contributed by atoms with Gasteiger partial charge in [-0.15, -0.1) is 23.1 Å². The topological polar surface area (TPSA) is 108 Å². The predicted octanol–water partition coefficient (Wildman–Crippen LogP) is 6.70. The SMILES string of the molecule is C=CC(=O)N1[C@H](C)CN(c2nc(=O)n3c4c(c(-c5c(F)cc(F)c6sc(N)c(C#N)c56)c(C(F)(F)F)cc24)SCC3CC)C[C@@H]1C. The quantitative estimate of drug-likeness (QED) is 0.190. The molecule has 2 aliphatic rings. The number of hydrogen-bond acceptors (Lipinski definition) is 8. The van der Waals surface area contributed by atoms with Crippen molar-refractivity contribution < 1.29 is 26.7 Å². The molecule has 2 aromatic carbocycles. The van der Waals surface area contributed by atoms with Gasteiger partial charge in [0.2, 0.25) is 5.91 Å². The van der Waals surface area contributed by atoms with E-state index in [1.807, 2.05) is 6.92 Å². The highest BCUT2D eigenvalue weighted by atomic mass is 32.2. The molecule has 0 aliphatic carbocycles. The number of fused-ring (bicyclic) bond motifs is 1. The summed E-state index contributed by atoms with van der Waals surface area (Å²) in [6, 6.07) is 1.94. The van der Waals surface area contributed by atoms with Crippen LogP contribution >= 0.6 is 23.1 Å². The van der Waals surface area contributed by atoms with E-state index in [2.05, 4.69) is 11.6 Å². The Bertz CT molecular complexity index is 2060. The Balaban J connectivity index is 1.74. The zero-order valence-electron chi connectivity index (χ0n) is 24.8. The molecule has 1 unspecified atom stereocenters. The molecule has 4 heterocycles. The number of carbonyl (C=O) groups excluding carboxylic acids is 1. The highest BCUT2D eigenvalue weighted by molar-refractivity contribution is 7.99.